The fourth-order valence-electron chi connectivity index (χ4n) is 3.04. The minimum absolute atomic E-state index is 0.00634. The van der Waals surface area contributed by atoms with E-state index in [2.05, 4.69) is 0 Å². The highest BCUT2D eigenvalue weighted by molar-refractivity contribution is 8.00. The van der Waals surface area contributed by atoms with Gasteiger partial charge in [0.1, 0.15) is 5.82 Å². The zero-order chi connectivity index (χ0) is 13.4. The molecular formula is C15H18FNOS. The van der Waals surface area contributed by atoms with Crippen LogP contribution in [-0.4, -0.2) is 28.4 Å². The standard InChI is InChI=1S/C15H18FNOS/c1-10-13-9-12(16)5-4-11(13)6-7-17(10)15(18)14-3-2-8-19-14/h4-5,9-10,14H,2-3,6-8H2,1H3. The quantitative estimate of drug-likeness (QED) is 0.787. The fraction of sp³-hybridized carbons (Fsp3) is 0.533. The summed E-state index contributed by atoms with van der Waals surface area (Å²) >= 11 is 1.77. The number of carbonyl (C=O) groups is 1. The third-order valence-electron chi connectivity index (χ3n) is 4.14. The first-order chi connectivity index (χ1) is 9.16. The van der Waals surface area contributed by atoms with Crippen LogP contribution in [0.5, 0.6) is 0 Å². The van der Waals surface area contributed by atoms with E-state index in [0.717, 1.165) is 37.1 Å². The van der Waals surface area contributed by atoms with E-state index in [9.17, 15) is 9.18 Å². The number of rotatable bonds is 1. The van der Waals surface area contributed by atoms with E-state index in [1.807, 2.05) is 17.9 Å². The van der Waals surface area contributed by atoms with Crippen molar-refractivity contribution in [2.45, 2.75) is 37.5 Å². The molecule has 1 amide bonds. The van der Waals surface area contributed by atoms with E-state index in [-0.39, 0.29) is 23.0 Å². The second-order valence-corrected chi connectivity index (χ2v) is 6.61. The van der Waals surface area contributed by atoms with Crippen molar-refractivity contribution in [3.05, 3.63) is 35.1 Å². The van der Waals surface area contributed by atoms with Crippen molar-refractivity contribution >= 4 is 17.7 Å². The molecule has 1 aromatic carbocycles. The second-order valence-electron chi connectivity index (χ2n) is 5.30. The molecule has 0 aromatic heterocycles. The van der Waals surface area contributed by atoms with Crippen LogP contribution in [0.15, 0.2) is 18.2 Å². The maximum Gasteiger partial charge on any atom is 0.236 e. The Balaban J connectivity index is 1.84. The summed E-state index contributed by atoms with van der Waals surface area (Å²) in [5, 5.41) is 0.123. The van der Waals surface area contributed by atoms with Gasteiger partial charge in [-0.15, -0.1) is 11.8 Å². The Morgan fingerprint density at radius 3 is 3.05 bits per heavy atom. The monoisotopic (exact) mass is 279 g/mol. The molecule has 0 saturated carbocycles. The molecule has 2 atom stereocenters. The highest BCUT2D eigenvalue weighted by Crippen LogP contribution is 2.34. The summed E-state index contributed by atoms with van der Waals surface area (Å²) in [6, 6.07) is 4.94. The van der Waals surface area contributed by atoms with Crippen molar-refractivity contribution in [1.29, 1.82) is 0 Å². The van der Waals surface area contributed by atoms with E-state index in [0.29, 0.717) is 0 Å². The largest absolute Gasteiger partial charge is 0.335 e. The van der Waals surface area contributed by atoms with Gasteiger partial charge in [-0.3, -0.25) is 4.79 Å². The molecule has 2 unspecified atom stereocenters. The molecule has 2 nitrogen and oxygen atoms in total. The highest BCUT2D eigenvalue weighted by atomic mass is 32.2. The third-order valence-corrected chi connectivity index (χ3v) is 5.50. The van der Waals surface area contributed by atoms with Crippen LogP contribution in [0.3, 0.4) is 0 Å². The third kappa shape index (κ3) is 2.38. The zero-order valence-electron chi connectivity index (χ0n) is 11.1. The van der Waals surface area contributed by atoms with Gasteiger partial charge in [0.05, 0.1) is 11.3 Å². The van der Waals surface area contributed by atoms with Gasteiger partial charge >= 0.3 is 0 Å². The molecule has 1 saturated heterocycles. The van der Waals surface area contributed by atoms with Gasteiger partial charge in [0.25, 0.3) is 0 Å². The minimum atomic E-state index is -0.213. The van der Waals surface area contributed by atoms with E-state index in [1.54, 1.807) is 17.8 Å². The lowest BCUT2D eigenvalue weighted by molar-refractivity contribution is -0.133. The zero-order valence-corrected chi connectivity index (χ0v) is 11.9. The summed E-state index contributed by atoms with van der Waals surface area (Å²) in [6.45, 7) is 2.77. The van der Waals surface area contributed by atoms with Crippen LogP contribution in [0.25, 0.3) is 0 Å². The summed E-state index contributed by atoms with van der Waals surface area (Å²) in [6.07, 6.45) is 2.96. The van der Waals surface area contributed by atoms with Gasteiger partial charge in [-0.2, -0.15) is 0 Å². The summed E-state index contributed by atoms with van der Waals surface area (Å²) in [5.41, 5.74) is 2.15. The average Bonchev–Trinajstić information content (AvgIpc) is 2.93. The van der Waals surface area contributed by atoms with Crippen LogP contribution in [0, 0.1) is 5.82 Å². The van der Waals surface area contributed by atoms with Gasteiger partial charge in [0.15, 0.2) is 0 Å². The molecule has 0 radical (unpaired) electrons. The van der Waals surface area contributed by atoms with Gasteiger partial charge in [-0.05, 0) is 55.2 Å². The number of thioether (sulfide) groups is 1. The van der Waals surface area contributed by atoms with Crippen LogP contribution in [0.2, 0.25) is 0 Å². The minimum Gasteiger partial charge on any atom is -0.335 e. The lowest BCUT2D eigenvalue weighted by Crippen LogP contribution is -2.42. The summed E-state index contributed by atoms with van der Waals surface area (Å²) < 4.78 is 13.4. The van der Waals surface area contributed by atoms with Crippen LogP contribution in [0.4, 0.5) is 4.39 Å². The topological polar surface area (TPSA) is 20.3 Å². The molecule has 2 heterocycles. The number of fused-ring (bicyclic) bond motifs is 1. The fourth-order valence-corrected chi connectivity index (χ4v) is 4.27. The van der Waals surface area contributed by atoms with Gasteiger partial charge in [-0.1, -0.05) is 6.07 Å². The molecule has 0 spiro atoms. The van der Waals surface area contributed by atoms with E-state index in [1.165, 1.54) is 11.6 Å². The first-order valence-electron chi connectivity index (χ1n) is 6.87. The molecule has 1 aromatic rings. The van der Waals surface area contributed by atoms with Crippen LogP contribution in [0.1, 0.15) is 36.9 Å². The van der Waals surface area contributed by atoms with E-state index in [4.69, 9.17) is 0 Å². The average molecular weight is 279 g/mol. The summed E-state index contributed by atoms with van der Waals surface area (Å²) in [5.74, 6) is 1.11. The predicted octanol–water partition coefficient (Wildman–Crippen LogP) is 3.17. The first-order valence-corrected chi connectivity index (χ1v) is 7.92. The Morgan fingerprint density at radius 2 is 2.32 bits per heavy atom. The Hall–Kier alpha value is -1.03. The molecule has 2 aliphatic rings. The van der Waals surface area contributed by atoms with Crippen molar-refractivity contribution in [3.8, 4) is 0 Å². The molecule has 4 heteroatoms. The van der Waals surface area contributed by atoms with Gasteiger partial charge in [-0.25, -0.2) is 4.39 Å². The van der Waals surface area contributed by atoms with Crippen molar-refractivity contribution in [3.63, 3.8) is 0 Å². The Morgan fingerprint density at radius 1 is 1.47 bits per heavy atom. The highest BCUT2D eigenvalue weighted by Gasteiger charge is 2.33. The number of benzene rings is 1. The number of hydrogen-bond acceptors (Lipinski definition) is 2. The molecular weight excluding hydrogens is 261 g/mol. The summed E-state index contributed by atoms with van der Waals surface area (Å²) in [7, 11) is 0. The number of halogens is 1. The Labute approximate surface area is 117 Å². The number of carbonyl (C=O) groups excluding carboxylic acids is 1. The molecule has 0 N–H and O–H groups in total. The van der Waals surface area contributed by atoms with Crippen molar-refractivity contribution in [1.82, 2.24) is 4.90 Å². The Bertz CT molecular complexity index is 499. The number of hydrogen-bond donors (Lipinski definition) is 0. The van der Waals surface area contributed by atoms with Crippen molar-refractivity contribution in [2.24, 2.45) is 0 Å². The number of amides is 1. The molecule has 0 aliphatic carbocycles. The van der Waals surface area contributed by atoms with Crippen molar-refractivity contribution in [2.75, 3.05) is 12.3 Å². The van der Waals surface area contributed by atoms with Gasteiger partial charge in [0, 0.05) is 6.54 Å². The van der Waals surface area contributed by atoms with Gasteiger partial charge < -0.3 is 4.90 Å². The smallest absolute Gasteiger partial charge is 0.236 e. The number of nitrogens with zero attached hydrogens (tertiary/aromatic N) is 1. The normalized spacial score (nSPS) is 26.3. The molecule has 19 heavy (non-hydrogen) atoms. The molecule has 3 rings (SSSR count). The molecule has 2 aliphatic heterocycles. The SMILES string of the molecule is CC1c2cc(F)ccc2CCN1C(=O)C1CCCS1. The predicted molar refractivity (Wildman–Crippen MR) is 75.7 cm³/mol. The van der Waals surface area contributed by atoms with E-state index < -0.39 is 0 Å². The maximum absolute atomic E-state index is 13.4. The summed E-state index contributed by atoms with van der Waals surface area (Å²) in [4.78, 5) is 14.5. The van der Waals surface area contributed by atoms with Crippen LogP contribution in [-0.2, 0) is 11.2 Å². The van der Waals surface area contributed by atoms with Crippen molar-refractivity contribution < 1.29 is 9.18 Å². The Kier molecular flexibility index (Phi) is 3.52. The van der Waals surface area contributed by atoms with Crippen LogP contribution < -0.4 is 0 Å². The lowest BCUT2D eigenvalue weighted by atomic mass is 9.93. The van der Waals surface area contributed by atoms with Gasteiger partial charge in [0.2, 0.25) is 5.91 Å². The maximum atomic E-state index is 13.4. The van der Waals surface area contributed by atoms with Crippen LogP contribution >= 0.6 is 11.8 Å². The second kappa shape index (κ2) is 5.16. The first kappa shape index (κ1) is 13.0. The van der Waals surface area contributed by atoms with E-state index >= 15 is 0 Å². The molecule has 102 valence electrons. The molecule has 1 fully saturated rings. The lowest BCUT2D eigenvalue weighted by Gasteiger charge is -2.36. The molecule has 0 bridgehead atoms.